The van der Waals surface area contributed by atoms with E-state index < -0.39 is 17.5 Å². The molecule has 29 heavy (non-hydrogen) atoms. The van der Waals surface area contributed by atoms with Crippen molar-refractivity contribution in [2.75, 3.05) is 26.2 Å². The minimum Gasteiger partial charge on any atom is -0.466 e. The zero-order chi connectivity index (χ0) is 21.2. The maximum absolute atomic E-state index is 13.0. The minimum atomic E-state index is -1.22. The summed E-state index contributed by atoms with van der Waals surface area (Å²) in [5.74, 6) is -1.22. The molecule has 2 aliphatic rings. The molecular formula is C20H24BrN3O5. The van der Waals surface area contributed by atoms with E-state index in [1.807, 2.05) is 6.07 Å². The molecule has 1 aromatic carbocycles. The summed E-state index contributed by atoms with van der Waals surface area (Å²) in [6, 6.07) is 6.55. The number of urea groups is 1. The van der Waals surface area contributed by atoms with Crippen molar-refractivity contribution in [2.45, 2.75) is 32.2 Å². The number of benzene rings is 1. The molecule has 9 heteroatoms. The Morgan fingerprint density at radius 3 is 2.59 bits per heavy atom. The second-order valence-corrected chi connectivity index (χ2v) is 8.28. The summed E-state index contributed by atoms with van der Waals surface area (Å²) in [6.07, 6.45) is 1.03. The van der Waals surface area contributed by atoms with Gasteiger partial charge in [-0.15, -0.1) is 0 Å². The highest BCUT2D eigenvalue weighted by molar-refractivity contribution is 9.10. The number of rotatable bonds is 5. The molecule has 1 aromatic rings. The summed E-state index contributed by atoms with van der Waals surface area (Å²) in [6.45, 7) is 4.20. The predicted molar refractivity (Wildman–Crippen MR) is 108 cm³/mol. The van der Waals surface area contributed by atoms with E-state index in [1.54, 1.807) is 36.9 Å². The molecule has 1 N–H and O–H groups in total. The zero-order valence-electron chi connectivity index (χ0n) is 16.4. The van der Waals surface area contributed by atoms with E-state index in [1.165, 1.54) is 0 Å². The molecule has 156 valence electrons. The molecule has 0 aliphatic carbocycles. The summed E-state index contributed by atoms with van der Waals surface area (Å²) in [7, 11) is 0. The number of carbonyl (C=O) groups is 4. The fourth-order valence-electron chi connectivity index (χ4n) is 3.70. The Balaban J connectivity index is 1.63. The lowest BCUT2D eigenvalue weighted by molar-refractivity contribution is -0.151. The number of amides is 4. The number of nitrogens with one attached hydrogen (secondary N) is 1. The van der Waals surface area contributed by atoms with Gasteiger partial charge in [-0.25, -0.2) is 4.79 Å². The molecule has 2 saturated heterocycles. The molecule has 2 aliphatic heterocycles. The quantitative estimate of drug-likeness (QED) is 0.529. The van der Waals surface area contributed by atoms with Crippen LogP contribution in [0.5, 0.6) is 0 Å². The molecule has 0 radical (unpaired) electrons. The van der Waals surface area contributed by atoms with Gasteiger partial charge in [0.05, 0.1) is 12.5 Å². The molecule has 0 unspecified atom stereocenters. The number of carbonyl (C=O) groups excluding carboxylic acids is 4. The summed E-state index contributed by atoms with van der Waals surface area (Å²) in [5.41, 5.74) is -0.590. The van der Waals surface area contributed by atoms with Crippen LogP contribution in [0, 0.1) is 5.92 Å². The summed E-state index contributed by atoms with van der Waals surface area (Å²) in [4.78, 5) is 52.5. The summed E-state index contributed by atoms with van der Waals surface area (Å²) in [5, 5.41) is 2.70. The predicted octanol–water partition coefficient (Wildman–Crippen LogP) is 2.02. The first-order valence-corrected chi connectivity index (χ1v) is 10.4. The Bertz CT molecular complexity index is 837. The number of hydrogen-bond acceptors (Lipinski definition) is 5. The van der Waals surface area contributed by atoms with Crippen LogP contribution in [0.3, 0.4) is 0 Å². The second kappa shape index (κ2) is 8.52. The third-order valence-corrected chi connectivity index (χ3v) is 5.93. The van der Waals surface area contributed by atoms with Gasteiger partial charge in [0.1, 0.15) is 12.1 Å². The minimum absolute atomic E-state index is 0.212. The average molecular weight is 466 g/mol. The molecule has 1 atom stereocenters. The number of ether oxygens (including phenoxy) is 1. The number of likely N-dealkylation sites (tertiary alicyclic amines) is 1. The molecule has 4 amide bonds. The van der Waals surface area contributed by atoms with Crippen LogP contribution in [0.1, 0.15) is 32.3 Å². The van der Waals surface area contributed by atoms with Gasteiger partial charge in [-0.3, -0.25) is 19.3 Å². The molecule has 0 saturated carbocycles. The van der Waals surface area contributed by atoms with Crippen molar-refractivity contribution in [3.8, 4) is 0 Å². The summed E-state index contributed by atoms with van der Waals surface area (Å²) >= 11 is 3.37. The molecule has 0 bridgehead atoms. The van der Waals surface area contributed by atoms with Crippen molar-refractivity contribution in [1.29, 1.82) is 0 Å². The first-order chi connectivity index (χ1) is 13.8. The third kappa shape index (κ3) is 4.29. The van der Waals surface area contributed by atoms with Gasteiger partial charge in [-0.05, 0) is 44.4 Å². The van der Waals surface area contributed by atoms with Gasteiger partial charge in [0.2, 0.25) is 5.91 Å². The van der Waals surface area contributed by atoms with Crippen LogP contribution in [0.4, 0.5) is 4.79 Å². The average Bonchev–Trinajstić information content (AvgIpc) is 2.92. The highest BCUT2D eigenvalue weighted by atomic mass is 79.9. The maximum Gasteiger partial charge on any atom is 0.325 e. The second-order valence-electron chi connectivity index (χ2n) is 7.36. The van der Waals surface area contributed by atoms with Gasteiger partial charge >= 0.3 is 12.0 Å². The standard InChI is InChI=1S/C20H24BrN3O5/c1-3-29-17(26)13-7-9-23(10-8-13)16(25)12-24-18(27)20(2,22-19(24)28)14-5-4-6-15(21)11-14/h4-6,11,13H,3,7-10,12H2,1-2H3,(H,22,28)/t20-/m0/s1. The van der Waals surface area contributed by atoms with Gasteiger partial charge in [0.15, 0.2) is 0 Å². The van der Waals surface area contributed by atoms with E-state index in [2.05, 4.69) is 21.2 Å². The lowest BCUT2D eigenvalue weighted by Crippen LogP contribution is -2.47. The number of halogens is 1. The fourth-order valence-corrected chi connectivity index (χ4v) is 4.09. The third-order valence-electron chi connectivity index (χ3n) is 5.44. The molecule has 3 rings (SSSR count). The molecule has 0 aromatic heterocycles. The van der Waals surface area contributed by atoms with E-state index in [0.29, 0.717) is 38.1 Å². The van der Waals surface area contributed by atoms with Gasteiger partial charge in [0, 0.05) is 17.6 Å². The summed E-state index contributed by atoms with van der Waals surface area (Å²) < 4.78 is 5.82. The lowest BCUT2D eigenvalue weighted by atomic mass is 9.92. The first-order valence-electron chi connectivity index (χ1n) is 9.60. The largest absolute Gasteiger partial charge is 0.466 e. The highest BCUT2D eigenvalue weighted by Crippen LogP contribution is 2.30. The zero-order valence-corrected chi connectivity index (χ0v) is 18.0. The highest BCUT2D eigenvalue weighted by Gasteiger charge is 2.49. The normalized spacial score (nSPS) is 22.6. The monoisotopic (exact) mass is 465 g/mol. The fraction of sp³-hybridized carbons (Fsp3) is 0.500. The van der Waals surface area contributed by atoms with Gasteiger partial charge in [0.25, 0.3) is 5.91 Å². The van der Waals surface area contributed by atoms with Crippen molar-refractivity contribution in [3.63, 3.8) is 0 Å². The van der Waals surface area contributed by atoms with Crippen LogP contribution in [-0.2, 0) is 24.7 Å². The van der Waals surface area contributed by atoms with Crippen molar-refractivity contribution in [2.24, 2.45) is 5.92 Å². The lowest BCUT2D eigenvalue weighted by Gasteiger charge is -2.31. The van der Waals surface area contributed by atoms with Gasteiger partial charge in [-0.2, -0.15) is 0 Å². The number of piperidine rings is 1. The molecule has 2 fully saturated rings. The van der Waals surface area contributed by atoms with Crippen LogP contribution in [0.2, 0.25) is 0 Å². The van der Waals surface area contributed by atoms with Crippen LogP contribution in [0.25, 0.3) is 0 Å². The van der Waals surface area contributed by atoms with E-state index in [4.69, 9.17) is 4.74 Å². The smallest absolute Gasteiger partial charge is 0.325 e. The Labute approximate surface area is 177 Å². The van der Waals surface area contributed by atoms with Gasteiger partial charge in [-0.1, -0.05) is 28.1 Å². The number of imide groups is 1. The Hall–Kier alpha value is -2.42. The number of esters is 1. The Morgan fingerprint density at radius 2 is 1.97 bits per heavy atom. The topological polar surface area (TPSA) is 96.0 Å². The van der Waals surface area contributed by atoms with E-state index >= 15 is 0 Å². The van der Waals surface area contributed by atoms with Crippen LogP contribution < -0.4 is 5.32 Å². The van der Waals surface area contributed by atoms with E-state index in [9.17, 15) is 19.2 Å². The van der Waals surface area contributed by atoms with Crippen LogP contribution in [-0.4, -0.2) is 59.9 Å². The number of hydrogen-bond donors (Lipinski definition) is 1. The molecule has 0 spiro atoms. The van der Waals surface area contributed by atoms with Crippen LogP contribution in [0.15, 0.2) is 28.7 Å². The molecular weight excluding hydrogens is 442 g/mol. The maximum atomic E-state index is 13.0. The molecule has 8 nitrogen and oxygen atoms in total. The Morgan fingerprint density at radius 1 is 1.28 bits per heavy atom. The molecule has 2 heterocycles. The van der Waals surface area contributed by atoms with Gasteiger partial charge < -0.3 is 15.0 Å². The SMILES string of the molecule is CCOC(=O)C1CCN(C(=O)CN2C(=O)N[C@@](C)(c3cccc(Br)c3)C2=O)CC1. The van der Waals surface area contributed by atoms with Crippen LogP contribution >= 0.6 is 15.9 Å². The Kier molecular flexibility index (Phi) is 6.26. The number of nitrogens with zero attached hydrogens (tertiary/aromatic N) is 2. The van der Waals surface area contributed by atoms with Crippen molar-refractivity contribution < 1.29 is 23.9 Å². The van der Waals surface area contributed by atoms with E-state index in [0.717, 1.165) is 9.37 Å². The van der Waals surface area contributed by atoms with Crippen molar-refractivity contribution in [1.82, 2.24) is 15.1 Å². The van der Waals surface area contributed by atoms with Crippen molar-refractivity contribution >= 4 is 39.7 Å². The van der Waals surface area contributed by atoms with E-state index in [-0.39, 0.29) is 24.3 Å². The van der Waals surface area contributed by atoms with Crippen molar-refractivity contribution in [3.05, 3.63) is 34.3 Å². The first kappa shape index (κ1) is 21.3.